The number of carbonyl (C=O) groups is 1. The predicted molar refractivity (Wildman–Crippen MR) is 56.3 cm³/mol. The van der Waals surface area contributed by atoms with Crippen molar-refractivity contribution in [1.82, 2.24) is 5.32 Å². The van der Waals surface area contributed by atoms with Crippen molar-refractivity contribution in [3.8, 4) is 0 Å². The van der Waals surface area contributed by atoms with Crippen molar-refractivity contribution in [3.63, 3.8) is 0 Å². The van der Waals surface area contributed by atoms with E-state index in [9.17, 15) is 9.90 Å². The minimum atomic E-state index is -0.781. The van der Waals surface area contributed by atoms with Gasteiger partial charge in [-0.3, -0.25) is 4.79 Å². The highest BCUT2D eigenvalue weighted by molar-refractivity contribution is 5.75. The molecule has 1 fully saturated rings. The van der Waals surface area contributed by atoms with Gasteiger partial charge in [0.05, 0.1) is 5.60 Å². The zero-order chi connectivity index (χ0) is 11.1. The fraction of sp³-hybridized carbons (Fsp3) is 0.900. The van der Waals surface area contributed by atoms with E-state index in [2.05, 4.69) is 5.32 Å². The summed E-state index contributed by atoms with van der Waals surface area (Å²) in [6, 6.07) is 0. The van der Waals surface area contributed by atoms with Gasteiger partial charge in [-0.05, 0) is 13.0 Å². The molecule has 0 unspecified atom stereocenters. The summed E-state index contributed by atoms with van der Waals surface area (Å²) in [7, 11) is 0. The number of ether oxygens (including phenoxy) is 1. The van der Waals surface area contributed by atoms with E-state index in [1.54, 1.807) is 0 Å². The van der Waals surface area contributed by atoms with Gasteiger partial charge in [0.25, 0.3) is 0 Å². The van der Waals surface area contributed by atoms with E-state index in [0.717, 1.165) is 0 Å². The number of hydrogen-bond acceptors (Lipinski definition) is 4. The van der Waals surface area contributed by atoms with Gasteiger partial charge < -0.3 is 20.9 Å². The van der Waals surface area contributed by atoms with E-state index in [0.29, 0.717) is 52.0 Å². The Labute approximate surface area is 90.0 Å². The lowest BCUT2D eigenvalue weighted by Gasteiger charge is -2.32. The maximum atomic E-state index is 11.3. The summed E-state index contributed by atoms with van der Waals surface area (Å²) >= 11 is 0. The molecule has 5 nitrogen and oxygen atoms in total. The highest BCUT2D eigenvalue weighted by Crippen LogP contribution is 2.19. The molecule has 0 aromatic carbocycles. The quantitative estimate of drug-likeness (QED) is 0.572. The van der Waals surface area contributed by atoms with Crippen LogP contribution in [-0.2, 0) is 9.53 Å². The zero-order valence-electron chi connectivity index (χ0n) is 9.00. The molecular weight excluding hydrogens is 196 g/mol. The van der Waals surface area contributed by atoms with E-state index < -0.39 is 5.60 Å². The largest absolute Gasteiger partial charge is 0.388 e. The third-order valence-electron chi connectivity index (χ3n) is 2.65. The molecule has 1 saturated heterocycles. The molecule has 0 radical (unpaired) electrons. The lowest BCUT2D eigenvalue weighted by atomic mass is 9.94. The minimum absolute atomic E-state index is 0.0413. The normalized spacial score (nSPS) is 19.9. The van der Waals surface area contributed by atoms with Crippen molar-refractivity contribution in [2.75, 3.05) is 26.3 Å². The first-order valence-electron chi connectivity index (χ1n) is 5.43. The molecule has 0 saturated carbocycles. The maximum Gasteiger partial charge on any atom is 0.220 e. The van der Waals surface area contributed by atoms with E-state index in [4.69, 9.17) is 10.5 Å². The van der Waals surface area contributed by atoms with Crippen LogP contribution in [0.2, 0.25) is 0 Å². The van der Waals surface area contributed by atoms with Crippen LogP contribution in [0.5, 0.6) is 0 Å². The topological polar surface area (TPSA) is 84.6 Å². The first-order chi connectivity index (χ1) is 7.16. The van der Waals surface area contributed by atoms with Gasteiger partial charge in [-0.1, -0.05) is 0 Å². The molecule has 0 spiro atoms. The molecule has 1 heterocycles. The molecule has 4 N–H and O–H groups in total. The average Bonchev–Trinajstić information content (AvgIpc) is 2.25. The number of rotatable bonds is 5. The van der Waals surface area contributed by atoms with Gasteiger partial charge in [-0.2, -0.15) is 0 Å². The highest BCUT2D eigenvalue weighted by atomic mass is 16.5. The first-order valence-corrected chi connectivity index (χ1v) is 5.43. The van der Waals surface area contributed by atoms with Crippen LogP contribution in [0.3, 0.4) is 0 Å². The van der Waals surface area contributed by atoms with Crippen LogP contribution in [0.4, 0.5) is 0 Å². The number of amides is 1. The third kappa shape index (κ3) is 4.59. The van der Waals surface area contributed by atoms with Crippen molar-refractivity contribution in [2.24, 2.45) is 5.73 Å². The Morgan fingerprint density at radius 2 is 2.13 bits per heavy atom. The van der Waals surface area contributed by atoms with Crippen LogP contribution in [-0.4, -0.2) is 42.9 Å². The Bertz CT molecular complexity index is 203. The number of carbonyl (C=O) groups excluding carboxylic acids is 1. The summed E-state index contributed by atoms with van der Waals surface area (Å²) in [5.41, 5.74) is 4.51. The zero-order valence-corrected chi connectivity index (χ0v) is 9.00. The SMILES string of the molecule is NCCCC(=O)NCC1(O)CCOCC1. The van der Waals surface area contributed by atoms with Crippen molar-refractivity contribution in [3.05, 3.63) is 0 Å². The second kappa shape index (κ2) is 6.05. The van der Waals surface area contributed by atoms with E-state index >= 15 is 0 Å². The standard InChI is InChI=1S/C10H20N2O3/c11-5-1-2-9(13)12-8-10(14)3-6-15-7-4-10/h14H,1-8,11H2,(H,12,13). The van der Waals surface area contributed by atoms with Crippen molar-refractivity contribution < 1.29 is 14.6 Å². The van der Waals surface area contributed by atoms with Crippen LogP contribution < -0.4 is 11.1 Å². The maximum absolute atomic E-state index is 11.3. The van der Waals surface area contributed by atoms with Crippen LogP contribution in [0.15, 0.2) is 0 Å². The molecule has 88 valence electrons. The van der Waals surface area contributed by atoms with Crippen molar-refractivity contribution in [2.45, 2.75) is 31.3 Å². The highest BCUT2D eigenvalue weighted by Gasteiger charge is 2.29. The number of nitrogens with one attached hydrogen (secondary N) is 1. The van der Waals surface area contributed by atoms with Gasteiger partial charge in [0, 0.05) is 39.0 Å². The summed E-state index contributed by atoms with van der Waals surface area (Å²) in [5, 5.41) is 12.8. The molecule has 5 heteroatoms. The molecule has 0 atom stereocenters. The fourth-order valence-corrected chi connectivity index (χ4v) is 1.54. The molecule has 0 aliphatic carbocycles. The molecule has 15 heavy (non-hydrogen) atoms. The Kier molecular flexibility index (Phi) is 5.01. The number of aliphatic hydroxyl groups is 1. The number of hydrogen-bond donors (Lipinski definition) is 3. The fourth-order valence-electron chi connectivity index (χ4n) is 1.54. The molecule has 0 bridgehead atoms. The summed E-state index contributed by atoms with van der Waals surface area (Å²) in [6.07, 6.45) is 2.30. The van der Waals surface area contributed by atoms with Crippen molar-refractivity contribution in [1.29, 1.82) is 0 Å². The van der Waals surface area contributed by atoms with E-state index in [-0.39, 0.29) is 5.91 Å². The lowest BCUT2D eigenvalue weighted by molar-refractivity contribution is -0.124. The van der Waals surface area contributed by atoms with Gasteiger partial charge in [-0.25, -0.2) is 0 Å². The predicted octanol–water partition coefficient (Wildman–Crippen LogP) is -0.617. The van der Waals surface area contributed by atoms with E-state index in [1.165, 1.54) is 0 Å². The van der Waals surface area contributed by atoms with Crippen LogP contribution in [0.1, 0.15) is 25.7 Å². The summed E-state index contributed by atoms with van der Waals surface area (Å²) in [6.45, 7) is 1.97. The van der Waals surface area contributed by atoms with Gasteiger partial charge in [0.2, 0.25) is 5.91 Å². The average molecular weight is 216 g/mol. The van der Waals surface area contributed by atoms with Crippen LogP contribution in [0.25, 0.3) is 0 Å². The Morgan fingerprint density at radius 1 is 1.47 bits per heavy atom. The smallest absolute Gasteiger partial charge is 0.220 e. The Hall–Kier alpha value is -0.650. The summed E-state index contributed by atoms with van der Waals surface area (Å²) in [4.78, 5) is 11.3. The summed E-state index contributed by atoms with van der Waals surface area (Å²) < 4.78 is 5.15. The third-order valence-corrected chi connectivity index (χ3v) is 2.65. The molecule has 0 aromatic rings. The van der Waals surface area contributed by atoms with Gasteiger partial charge in [0.1, 0.15) is 0 Å². The van der Waals surface area contributed by atoms with E-state index in [1.807, 2.05) is 0 Å². The van der Waals surface area contributed by atoms with Gasteiger partial charge in [0.15, 0.2) is 0 Å². The van der Waals surface area contributed by atoms with Gasteiger partial charge in [-0.15, -0.1) is 0 Å². The van der Waals surface area contributed by atoms with Crippen LogP contribution in [0, 0.1) is 0 Å². The van der Waals surface area contributed by atoms with Crippen molar-refractivity contribution >= 4 is 5.91 Å². The monoisotopic (exact) mass is 216 g/mol. The molecular formula is C10H20N2O3. The second-order valence-electron chi connectivity index (χ2n) is 4.01. The van der Waals surface area contributed by atoms with Crippen LogP contribution >= 0.6 is 0 Å². The Balaban J connectivity index is 2.19. The minimum Gasteiger partial charge on any atom is -0.388 e. The number of nitrogens with two attached hydrogens (primary N) is 1. The molecule has 1 amide bonds. The molecule has 0 aromatic heterocycles. The van der Waals surface area contributed by atoms with Gasteiger partial charge >= 0.3 is 0 Å². The summed E-state index contributed by atoms with van der Waals surface area (Å²) in [5.74, 6) is -0.0413. The molecule has 1 aliphatic heterocycles. The Morgan fingerprint density at radius 3 is 2.73 bits per heavy atom. The molecule has 1 aliphatic rings. The first kappa shape index (κ1) is 12.4. The molecule has 1 rings (SSSR count). The second-order valence-corrected chi connectivity index (χ2v) is 4.01. The lowest BCUT2D eigenvalue weighted by Crippen LogP contribution is -2.46.